The molecule has 1 atom stereocenters. The van der Waals surface area contributed by atoms with Crippen LogP contribution in [0.2, 0.25) is 0 Å². The molecule has 1 aromatic carbocycles. The minimum atomic E-state index is -1.12. The molecule has 0 aliphatic carbocycles. The van der Waals surface area contributed by atoms with Crippen molar-refractivity contribution < 1.29 is 14.9 Å². The molecule has 0 aliphatic heterocycles. The molecular formula is C17H20N6O5. The number of fused-ring (bicyclic) bond motifs is 1. The standard InChI is InChI=1S/C17H20N6O5/c1-22-14-13(15(26)20-17(22)27)23(8-11(25)9-24)16(19-14)21-18-7-10-3-5-12(28-2)6-4-10/h3-7,11,24-25H,8-9H2,1-2H3,(H,19,21)(H,20,26,27)/b18-7-/t11-/m1/s1. The monoisotopic (exact) mass is 388 g/mol. The second kappa shape index (κ2) is 8.06. The number of methoxy groups -OCH3 is 1. The van der Waals surface area contributed by atoms with Gasteiger partial charge in [-0.05, 0) is 29.8 Å². The van der Waals surface area contributed by atoms with Gasteiger partial charge in [0.25, 0.3) is 5.56 Å². The van der Waals surface area contributed by atoms with E-state index in [0.717, 1.165) is 5.56 Å². The van der Waals surface area contributed by atoms with Crippen molar-refractivity contribution in [2.24, 2.45) is 12.1 Å². The van der Waals surface area contributed by atoms with Crippen molar-refractivity contribution in [3.63, 3.8) is 0 Å². The number of benzene rings is 1. The zero-order chi connectivity index (χ0) is 20.3. The number of aryl methyl sites for hydroxylation is 1. The number of hydrazone groups is 1. The average molecular weight is 388 g/mol. The molecule has 28 heavy (non-hydrogen) atoms. The number of aliphatic hydroxyl groups excluding tert-OH is 2. The maximum Gasteiger partial charge on any atom is 0.329 e. The predicted octanol–water partition coefficient (Wildman–Crippen LogP) is -0.769. The molecule has 0 fully saturated rings. The van der Waals surface area contributed by atoms with Gasteiger partial charge < -0.3 is 19.5 Å². The van der Waals surface area contributed by atoms with Crippen LogP contribution in [-0.4, -0.2) is 55.4 Å². The number of nitrogens with one attached hydrogen (secondary N) is 2. The van der Waals surface area contributed by atoms with E-state index in [1.165, 1.54) is 22.4 Å². The Labute approximate surface area is 158 Å². The van der Waals surface area contributed by atoms with E-state index in [1.54, 1.807) is 31.4 Å². The number of imidazole rings is 1. The summed E-state index contributed by atoms with van der Waals surface area (Å²) in [7, 11) is 3.04. The average Bonchev–Trinajstić information content (AvgIpc) is 3.05. The van der Waals surface area contributed by atoms with Crippen LogP contribution < -0.4 is 21.4 Å². The topological polar surface area (TPSA) is 147 Å². The van der Waals surface area contributed by atoms with Gasteiger partial charge >= 0.3 is 5.69 Å². The molecule has 0 unspecified atom stereocenters. The third kappa shape index (κ3) is 3.80. The lowest BCUT2D eigenvalue weighted by Gasteiger charge is -2.11. The molecule has 3 aromatic rings. The number of hydrogen-bond acceptors (Lipinski definition) is 8. The lowest BCUT2D eigenvalue weighted by atomic mass is 10.2. The Hall–Kier alpha value is -3.44. The molecule has 0 spiro atoms. The van der Waals surface area contributed by atoms with Crippen LogP contribution in [0, 0.1) is 0 Å². The highest BCUT2D eigenvalue weighted by Crippen LogP contribution is 2.16. The van der Waals surface area contributed by atoms with Crippen LogP contribution >= 0.6 is 0 Å². The summed E-state index contributed by atoms with van der Waals surface area (Å²) < 4.78 is 7.63. The van der Waals surface area contributed by atoms with E-state index in [2.05, 4.69) is 20.5 Å². The fourth-order valence-corrected chi connectivity index (χ4v) is 2.62. The third-order valence-electron chi connectivity index (χ3n) is 4.11. The van der Waals surface area contributed by atoms with Crippen molar-refractivity contribution in [2.75, 3.05) is 19.1 Å². The number of nitrogens with zero attached hydrogens (tertiary/aromatic N) is 4. The Morgan fingerprint density at radius 1 is 1.36 bits per heavy atom. The van der Waals surface area contributed by atoms with Crippen LogP contribution in [0.15, 0.2) is 39.0 Å². The summed E-state index contributed by atoms with van der Waals surface area (Å²) in [5, 5.41) is 23.1. The molecule has 4 N–H and O–H groups in total. The molecule has 3 rings (SSSR count). The van der Waals surface area contributed by atoms with Gasteiger partial charge in [0.05, 0.1) is 32.6 Å². The van der Waals surface area contributed by atoms with E-state index in [4.69, 9.17) is 9.84 Å². The molecule has 11 nitrogen and oxygen atoms in total. The maximum absolute atomic E-state index is 12.3. The first-order chi connectivity index (χ1) is 13.4. The maximum atomic E-state index is 12.3. The van der Waals surface area contributed by atoms with E-state index < -0.39 is 24.0 Å². The van der Waals surface area contributed by atoms with Gasteiger partial charge in [-0.2, -0.15) is 10.1 Å². The highest BCUT2D eigenvalue weighted by molar-refractivity contribution is 5.80. The van der Waals surface area contributed by atoms with Crippen molar-refractivity contribution in [1.82, 2.24) is 19.1 Å². The molecular weight excluding hydrogens is 368 g/mol. The van der Waals surface area contributed by atoms with Crippen LogP contribution in [0.5, 0.6) is 5.75 Å². The molecule has 148 valence electrons. The van der Waals surface area contributed by atoms with Gasteiger partial charge in [0.2, 0.25) is 5.95 Å². The zero-order valence-corrected chi connectivity index (χ0v) is 15.3. The molecule has 0 saturated heterocycles. The van der Waals surface area contributed by atoms with Crippen LogP contribution in [-0.2, 0) is 13.6 Å². The fraction of sp³-hybridized carbons (Fsp3) is 0.294. The Bertz CT molecular complexity index is 1110. The quantitative estimate of drug-likeness (QED) is 0.307. The Balaban J connectivity index is 1.98. The smallest absolute Gasteiger partial charge is 0.329 e. The highest BCUT2D eigenvalue weighted by atomic mass is 16.5. The first-order valence-corrected chi connectivity index (χ1v) is 8.36. The normalized spacial score (nSPS) is 12.6. The molecule has 0 aliphatic rings. The van der Waals surface area contributed by atoms with Gasteiger partial charge in [0.1, 0.15) is 5.75 Å². The van der Waals surface area contributed by atoms with Crippen molar-refractivity contribution in [2.45, 2.75) is 12.6 Å². The fourth-order valence-electron chi connectivity index (χ4n) is 2.62. The number of aromatic amines is 1. The minimum Gasteiger partial charge on any atom is -0.497 e. The minimum absolute atomic E-state index is 0.0803. The number of hydrogen-bond donors (Lipinski definition) is 4. The molecule has 11 heteroatoms. The van der Waals surface area contributed by atoms with Crippen LogP contribution in [0.4, 0.5) is 5.95 Å². The van der Waals surface area contributed by atoms with E-state index >= 15 is 0 Å². The van der Waals surface area contributed by atoms with Crippen molar-refractivity contribution in [3.05, 3.63) is 50.7 Å². The lowest BCUT2D eigenvalue weighted by Crippen LogP contribution is -2.30. The largest absolute Gasteiger partial charge is 0.497 e. The van der Waals surface area contributed by atoms with Crippen LogP contribution in [0.3, 0.4) is 0 Å². The highest BCUT2D eigenvalue weighted by Gasteiger charge is 2.19. The Morgan fingerprint density at radius 3 is 2.71 bits per heavy atom. The summed E-state index contributed by atoms with van der Waals surface area (Å²) in [5.41, 5.74) is 2.44. The second-order valence-corrected chi connectivity index (χ2v) is 6.02. The van der Waals surface area contributed by atoms with Crippen LogP contribution in [0.25, 0.3) is 11.2 Å². The summed E-state index contributed by atoms with van der Waals surface area (Å²) in [6.07, 6.45) is 0.412. The summed E-state index contributed by atoms with van der Waals surface area (Å²) in [4.78, 5) is 30.5. The molecule has 0 amide bonds. The van der Waals surface area contributed by atoms with Gasteiger partial charge in [-0.1, -0.05) is 0 Å². The van der Waals surface area contributed by atoms with Crippen molar-refractivity contribution in [1.29, 1.82) is 0 Å². The van der Waals surface area contributed by atoms with Gasteiger partial charge in [0.15, 0.2) is 11.2 Å². The molecule has 2 aromatic heterocycles. The first kappa shape index (κ1) is 19.3. The van der Waals surface area contributed by atoms with Crippen molar-refractivity contribution >= 4 is 23.3 Å². The number of H-pyrrole nitrogens is 1. The van der Waals surface area contributed by atoms with Gasteiger partial charge in [0, 0.05) is 7.05 Å². The van der Waals surface area contributed by atoms with E-state index in [1.807, 2.05) is 0 Å². The van der Waals surface area contributed by atoms with Gasteiger partial charge in [-0.3, -0.25) is 14.3 Å². The zero-order valence-electron chi connectivity index (χ0n) is 15.3. The number of aliphatic hydroxyl groups is 2. The number of ether oxygens (including phenoxy) is 1. The molecule has 2 heterocycles. The Morgan fingerprint density at radius 2 is 2.07 bits per heavy atom. The van der Waals surface area contributed by atoms with E-state index in [-0.39, 0.29) is 23.7 Å². The van der Waals surface area contributed by atoms with Gasteiger partial charge in [-0.25, -0.2) is 10.2 Å². The number of aromatic nitrogens is 4. The summed E-state index contributed by atoms with van der Waals surface area (Å²) in [5.74, 6) is 0.851. The van der Waals surface area contributed by atoms with E-state index in [0.29, 0.717) is 5.75 Å². The number of rotatable bonds is 7. The Kier molecular flexibility index (Phi) is 5.57. The SMILES string of the molecule is COc1ccc(/C=N\Nc2nc3c(c(=O)[nH]c(=O)n3C)n2C[C@@H](O)CO)cc1. The predicted molar refractivity (Wildman–Crippen MR) is 103 cm³/mol. The first-order valence-electron chi connectivity index (χ1n) is 8.36. The summed E-state index contributed by atoms with van der Waals surface area (Å²) >= 11 is 0. The van der Waals surface area contributed by atoms with Crippen molar-refractivity contribution in [3.8, 4) is 5.75 Å². The molecule has 0 radical (unpaired) electrons. The van der Waals surface area contributed by atoms with Gasteiger partial charge in [-0.15, -0.1) is 0 Å². The summed E-state index contributed by atoms with van der Waals surface area (Å²) in [6, 6.07) is 7.17. The number of anilines is 1. The van der Waals surface area contributed by atoms with Crippen LogP contribution in [0.1, 0.15) is 5.56 Å². The van der Waals surface area contributed by atoms with E-state index in [9.17, 15) is 14.7 Å². The molecule has 0 bridgehead atoms. The summed E-state index contributed by atoms with van der Waals surface area (Å²) in [6.45, 7) is -0.618. The lowest BCUT2D eigenvalue weighted by molar-refractivity contribution is 0.0825. The third-order valence-corrected chi connectivity index (χ3v) is 4.11. The molecule has 0 saturated carbocycles. The second-order valence-electron chi connectivity index (χ2n) is 6.02.